The van der Waals surface area contributed by atoms with E-state index >= 15 is 0 Å². The lowest BCUT2D eigenvalue weighted by molar-refractivity contribution is 0.0108. The van der Waals surface area contributed by atoms with Gasteiger partial charge in [0.25, 0.3) is 0 Å². The van der Waals surface area contributed by atoms with Crippen molar-refractivity contribution in [2.75, 3.05) is 0 Å². The molecule has 2 nitrogen and oxygen atoms in total. The van der Waals surface area contributed by atoms with Gasteiger partial charge in [0.1, 0.15) is 11.4 Å². The molecule has 0 saturated heterocycles. The van der Waals surface area contributed by atoms with Gasteiger partial charge in [-0.2, -0.15) is 0 Å². The molecule has 15 heavy (non-hydrogen) atoms. The average Bonchev–Trinajstić information content (AvgIpc) is 2.06. The molecular formula is C13H18O2. The van der Waals surface area contributed by atoms with Crippen LogP contribution in [0, 0.1) is 13.8 Å². The van der Waals surface area contributed by atoms with Gasteiger partial charge in [0.05, 0.1) is 6.10 Å². The molecule has 1 atom stereocenters. The van der Waals surface area contributed by atoms with Crippen molar-refractivity contribution in [2.45, 2.75) is 45.8 Å². The lowest BCUT2D eigenvalue weighted by Gasteiger charge is -2.36. The second-order valence-electron chi connectivity index (χ2n) is 5.08. The smallest absolute Gasteiger partial charge is 0.128 e. The number of hydrogen-bond acceptors (Lipinski definition) is 2. The summed E-state index contributed by atoms with van der Waals surface area (Å²) in [6, 6.07) is 4.11. The molecule has 1 aromatic rings. The first-order valence-corrected chi connectivity index (χ1v) is 5.37. The average molecular weight is 206 g/mol. The monoisotopic (exact) mass is 206 g/mol. The molecule has 0 radical (unpaired) electrons. The van der Waals surface area contributed by atoms with E-state index < -0.39 is 6.10 Å². The van der Waals surface area contributed by atoms with Crippen LogP contribution in [-0.4, -0.2) is 10.7 Å². The van der Waals surface area contributed by atoms with Gasteiger partial charge in [-0.15, -0.1) is 0 Å². The number of aliphatic hydroxyl groups excluding tert-OH is 1. The largest absolute Gasteiger partial charge is 0.487 e. The highest BCUT2D eigenvalue weighted by atomic mass is 16.5. The van der Waals surface area contributed by atoms with Crippen LogP contribution >= 0.6 is 0 Å². The first kappa shape index (κ1) is 10.5. The molecule has 0 aliphatic carbocycles. The van der Waals surface area contributed by atoms with E-state index in [0.717, 1.165) is 16.9 Å². The zero-order valence-corrected chi connectivity index (χ0v) is 9.79. The molecule has 0 aromatic heterocycles. The number of ether oxygens (including phenoxy) is 1. The second kappa shape index (κ2) is 3.24. The molecule has 82 valence electrons. The van der Waals surface area contributed by atoms with E-state index in [1.807, 2.05) is 33.8 Å². The van der Waals surface area contributed by atoms with Crippen molar-refractivity contribution in [3.8, 4) is 5.75 Å². The molecule has 0 amide bonds. The Morgan fingerprint density at radius 1 is 1.33 bits per heavy atom. The fourth-order valence-electron chi connectivity index (χ4n) is 2.27. The highest BCUT2D eigenvalue weighted by Gasteiger charge is 2.33. The van der Waals surface area contributed by atoms with Gasteiger partial charge in [0.2, 0.25) is 0 Å². The van der Waals surface area contributed by atoms with Gasteiger partial charge in [0, 0.05) is 12.0 Å². The maximum absolute atomic E-state index is 10.1. The van der Waals surface area contributed by atoms with E-state index in [1.165, 1.54) is 5.56 Å². The number of aryl methyl sites for hydroxylation is 2. The summed E-state index contributed by atoms with van der Waals surface area (Å²) >= 11 is 0. The summed E-state index contributed by atoms with van der Waals surface area (Å²) in [5, 5.41) is 10.1. The minimum atomic E-state index is -0.401. The van der Waals surface area contributed by atoms with Crippen molar-refractivity contribution in [3.63, 3.8) is 0 Å². The summed E-state index contributed by atoms with van der Waals surface area (Å²) in [4.78, 5) is 0. The predicted octanol–water partition coefficient (Wildman–Crippen LogP) is 2.90. The molecule has 0 bridgehead atoms. The standard InChI is InChI=1S/C13H18O2/c1-8-5-9(2)12-10(6-8)11(14)7-13(3,4)15-12/h5-6,11,14H,7H2,1-4H3. The van der Waals surface area contributed by atoms with E-state index in [9.17, 15) is 5.11 Å². The number of hydrogen-bond donors (Lipinski definition) is 1. The van der Waals surface area contributed by atoms with Crippen molar-refractivity contribution < 1.29 is 9.84 Å². The summed E-state index contributed by atoms with van der Waals surface area (Å²) in [7, 11) is 0. The molecule has 1 N–H and O–H groups in total. The lowest BCUT2D eigenvalue weighted by atomic mass is 9.89. The van der Waals surface area contributed by atoms with Crippen molar-refractivity contribution in [2.24, 2.45) is 0 Å². The number of aliphatic hydroxyl groups is 1. The van der Waals surface area contributed by atoms with Gasteiger partial charge in [-0.05, 0) is 39.3 Å². The molecule has 0 saturated carbocycles. The molecule has 1 aliphatic rings. The Balaban J connectivity index is 2.55. The fraction of sp³-hybridized carbons (Fsp3) is 0.538. The van der Waals surface area contributed by atoms with Gasteiger partial charge < -0.3 is 9.84 Å². The summed E-state index contributed by atoms with van der Waals surface area (Å²) in [5.74, 6) is 0.865. The van der Waals surface area contributed by atoms with E-state index in [-0.39, 0.29) is 5.60 Å². The third kappa shape index (κ3) is 1.86. The summed E-state index contributed by atoms with van der Waals surface area (Å²) in [6.07, 6.45) is 0.255. The van der Waals surface area contributed by atoms with Gasteiger partial charge in [-0.1, -0.05) is 11.6 Å². The molecule has 2 rings (SSSR count). The summed E-state index contributed by atoms with van der Waals surface area (Å²) in [6.45, 7) is 8.09. The van der Waals surface area contributed by atoms with Crippen molar-refractivity contribution in [1.29, 1.82) is 0 Å². The maximum Gasteiger partial charge on any atom is 0.128 e. The first-order valence-electron chi connectivity index (χ1n) is 5.37. The number of benzene rings is 1. The van der Waals surface area contributed by atoms with Crippen LogP contribution in [0.25, 0.3) is 0 Å². The quantitative estimate of drug-likeness (QED) is 0.707. The predicted molar refractivity (Wildman–Crippen MR) is 60.2 cm³/mol. The topological polar surface area (TPSA) is 29.5 Å². The van der Waals surface area contributed by atoms with Crippen LogP contribution in [0.4, 0.5) is 0 Å². The van der Waals surface area contributed by atoms with E-state index in [1.54, 1.807) is 0 Å². The first-order chi connectivity index (χ1) is 6.89. The third-order valence-corrected chi connectivity index (χ3v) is 2.87. The zero-order valence-electron chi connectivity index (χ0n) is 9.79. The van der Waals surface area contributed by atoms with Crippen LogP contribution in [0.2, 0.25) is 0 Å². The Hall–Kier alpha value is -1.02. The number of fused-ring (bicyclic) bond motifs is 1. The van der Waals surface area contributed by atoms with Gasteiger partial charge in [-0.25, -0.2) is 0 Å². The van der Waals surface area contributed by atoms with Crippen LogP contribution in [0.1, 0.15) is 43.1 Å². The normalized spacial score (nSPS) is 23.1. The summed E-state index contributed by atoms with van der Waals surface area (Å²) < 4.78 is 5.92. The van der Waals surface area contributed by atoms with Crippen LogP contribution in [-0.2, 0) is 0 Å². The molecule has 1 aromatic carbocycles. The van der Waals surface area contributed by atoms with E-state index in [4.69, 9.17) is 4.74 Å². The molecule has 1 aliphatic heterocycles. The van der Waals surface area contributed by atoms with E-state index in [2.05, 4.69) is 6.07 Å². The second-order valence-corrected chi connectivity index (χ2v) is 5.08. The minimum Gasteiger partial charge on any atom is -0.487 e. The maximum atomic E-state index is 10.1. The van der Waals surface area contributed by atoms with Gasteiger partial charge in [-0.3, -0.25) is 0 Å². The van der Waals surface area contributed by atoms with Crippen LogP contribution in [0.15, 0.2) is 12.1 Å². The lowest BCUT2D eigenvalue weighted by Crippen LogP contribution is -2.35. The summed E-state index contributed by atoms with van der Waals surface area (Å²) in [5.41, 5.74) is 2.95. The molecule has 0 fully saturated rings. The molecule has 1 unspecified atom stereocenters. The SMILES string of the molecule is Cc1cc(C)c2c(c1)C(O)CC(C)(C)O2. The fourth-order valence-corrected chi connectivity index (χ4v) is 2.27. The Labute approximate surface area is 90.9 Å². The highest BCUT2D eigenvalue weighted by Crippen LogP contribution is 2.41. The van der Waals surface area contributed by atoms with Crippen LogP contribution in [0.3, 0.4) is 0 Å². The minimum absolute atomic E-state index is 0.271. The van der Waals surface area contributed by atoms with Crippen molar-refractivity contribution in [1.82, 2.24) is 0 Å². The molecular weight excluding hydrogens is 188 g/mol. The highest BCUT2D eigenvalue weighted by molar-refractivity contribution is 5.46. The van der Waals surface area contributed by atoms with Crippen LogP contribution < -0.4 is 4.74 Å². The van der Waals surface area contributed by atoms with Crippen LogP contribution in [0.5, 0.6) is 5.75 Å². The van der Waals surface area contributed by atoms with Crippen molar-refractivity contribution >= 4 is 0 Å². The zero-order chi connectivity index (χ0) is 11.2. The number of rotatable bonds is 0. The Bertz CT molecular complexity index is 394. The Kier molecular flexibility index (Phi) is 2.27. The van der Waals surface area contributed by atoms with Gasteiger partial charge in [0.15, 0.2) is 0 Å². The molecule has 2 heteroatoms. The van der Waals surface area contributed by atoms with Gasteiger partial charge >= 0.3 is 0 Å². The van der Waals surface area contributed by atoms with E-state index in [0.29, 0.717) is 6.42 Å². The molecule has 0 spiro atoms. The third-order valence-electron chi connectivity index (χ3n) is 2.87. The van der Waals surface area contributed by atoms with Crippen molar-refractivity contribution in [3.05, 3.63) is 28.8 Å². The Morgan fingerprint density at radius 3 is 2.67 bits per heavy atom. The Morgan fingerprint density at radius 2 is 2.00 bits per heavy atom. The molecule has 1 heterocycles.